The van der Waals surface area contributed by atoms with E-state index in [4.69, 9.17) is 19.2 Å². The quantitative estimate of drug-likeness (QED) is 0.131. The number of aliphatic imine (C=N–C) groups is 1. The molecule has 0 radical (unpaired) electrons. The highest BCUT2D eigenvalue weighted by Crippen LogP contribution is 2.47. The van der Waals surface area contributed by atoms with Crippen LogP contribution < -0.4 is 4.74 Å². The molecule has 43 heavy (non-hydrogen) atoms. The van der Waals surface area contributed by atoms with Crippen LogP contribution in [0.1, 0.15) is 27.6 Å². The summed E-state index contributed by atoms with van der Waals surface area (Å²) in [5, 5.41) is 13.3. The summed E-state index contributed by atoms with van der Waals surface area (Å²) in [6, 6.07) is 25.8. The van der Waals surface area contributed by atoms with Gasteiger partial charge < -0.3 is 24.2 Å². The Morgan fingerprint density at radius 1 is 0.977 bits per heavy atom. The zero-order valence-electron chi connectivity index (χ0n) is 23.4. The molecular weight excluding hydrogens is 579 g/mol. The van der Waals surface area contributed by atoms with Crippen LogP contribution in [0, 0.1) is 0 Å². The third kappa shape index (κ3) is 5.21. The van der Waals surface area contributed by atoms with Gasteiger partial charge in [0, 0.05) is 56.0 Å². The van der Waals surface area contributed by atoms with Crippen LogP contribution in [0.5, 0.6) is 5.75 Å². The lowest BCUT2D eigenvalue weighted by Gasteiger charge is -2.34. The monoisotopic (exact) mass is 608 g/mol. The van der Waals surface area contributed by atoms with Crippen LogP contribution in [0.25, 0.3) is 31.3 Å². The second kappa shape index (κ2) is 11.5. The number of aliphatic hydroxyl groups excluding tert-OH is 1. The highest BCUT2D eigenvalue weighted by molar-refractivity contribution is 7.42. The third-order valence-electron chi connectivity index (χ3n) is 7.82. The maximum atomic E-state index is 11.8. The number of carbonyl (C=O) groups is 1. The Hall–Kier alpha value is -4.07. The van der Waals surface area contributed by atoms with E-state index in [-0.39, 0.29) is 5.97 Å². The number of nitrogens with zero attached hydrogens (tertiary/aromatic N) is 2. The Labute approximate surface area is 255 Å². The lowest BCUT2D eigenvalue weighted by molar-refractivity contribution is 0.0311. The maximum Gasteiger partial charge on any atom is 0.337 e. The number of thiophene rings is 1. The van der Waals surface area contributed by atoms with Gasteiger partial charge in [0.15, 0.2) is 5.88 Å². The fourth-order valence-corrected chi connectivity index (χ4v) is 7.15. The number of carbonyl (C=O) groups excluding carboxylic acids is 1. The number of rotatable bonds is 5. The van der Waals surface area contributed by atoms with Gasteiger partial charge in [0.25, 0.3) is 0 Å². The van der Waals surface area contributed by atoms with Crippen molar-refractivity contribution in [1.29, 1.82) is 0 Å². The van der Waals surface area contributed by atoms with Crippen molar-refractivity contribution in [2.75, 3.05) is 33.4 Å². The molecule has 1 fully saturated rings. The zero-order chi connectivity index (χ0) is 29.5. The molecule has 216 valence electrons. The molecule has 2 aliphatic rings. The van der Waals surface area contributed by atoms with Crippen molar-refractivity contribution in [2.45, 2.75) is 6.10 Å². The number of hydrogen-bond acceptors (Lipinski definition) is 8. The molecule has 4 aromatic carbocycles. The molecule has 1 N–H and O–H groups in total. The van der Waals surface area contributed by atoms with Gasteiger partial charge >= 0.3 is 5.97 Å². The van der Waals surface area contributed by atoms with Gasteiger partial charge in [-0.1, -0.05) is 57.8 Å². The Balaban J connectivity index is 1.26. The fourth-order valence-electron chi connectivity index (χ4n) is 5.60. The summed E-state index contributed by atoms with van der Waals surface area (Å²) in [4.78, 5) is 18.8. The molecule has 7 rings (SSSR count). The number of benzene rings is 4. The highest BCUT2D eigenvalue weighted by atomic mass is 32.1. The Morgan fingerprint density at radius 2 is 1.72 bits per heavy atom. The predicted octanol–water partition coefficient (Wildman–Crippen LogP) is 7.06. The lowest BCUT2D eigenvalue weighted by atomic mass is 9.96. The number of fused-ring (bicyclic) bond motifs is 4. The van der Waals surface area contributed by atoms with Crippen molar-refractivity contribution >= 4 is 57.9 Å². The SMILES string of the molecule is COC(=O)c1ccc(C(P)=Nc2ccc3sc4c(-c5cccc6c5OC(N5CCOCC5)=CC6O)cccc4c3c2)cc1. The smallest absolute Gasteiger partial charge is 0.337 e. The minimum absolute atomic E-state index is 0.365. The number of methoxy groups -OCH3 is 1. The van der Waals surface area contributed by atoms with Crippen molar-refractivity contribution < 1.29 is 24.1 Å². The molecule has 0 saturated carbocycles. The van der Waals surface area contributed by atoms with E-state index >= 15 is 0 Å². The molecule has 2 aliphatic heterocycles. The van der Waals surface area contributed by atoms with Crippen LogP contribution >= 0.6 is 20.6 Å². The summed E-state index contributed by atoms with van der Waals surface area (Å²) in [5.41, 5.74) is 5.78. The summed E-state index contributed by atoms with van der Waals surface area (Å²) in [5.74, 6) is 1.01. The number of esters is 1. The molecule has 0 bridgehead atoms. The van der Waals surface area contributed by atoms with Gasteiger partial charge in [0.2, 0.25) is 0 Å². The van der Waals surface area contributed by atoms with Crippen LogP contribution in [0.15, 0.2) is 95.8 Å². The van der Waals surface area contributed by atoms with Gasteiger partial charge in [-0.3, -0.25) is 0 Å². The van der Waals surface area contributed by atoms with Gasteiger partial charge in [-0.2, -0.15) is 0 Å². The van der Waals surface area contributed by atoms with E-state index in [2.05, 4.69) is 50.5 Å². The molecule has 1 saturated heterocycles. The van der Waals surface area contributed by atoms with Crippen LogP contribution in [-0.2, 0) is 9.47 Å². The molecule has 7 nitrogen and oxygen atoms in total. The summed E-state index contributed by atoms with van der Waals surface area (Å²) in [7, 11) is 4.07. The normalized spacial score (nSPS) is 17.0. The Kier molecular flexibility index (Phi) is 7.45. The van der Waals surface area contributed by atoms with Gasteiger partial charge in [-0.15, -0.1) is 11.3 Å². The van der Waals surface area contributed by atoms with E-state index in [1.54, 1.807) is 29.5 Å². The van der Waals surface area contributed by atoms with Gasteiger partial charge in [0.1, 0.15) is 11.9 Å². The van der Waals surface area contributed by atoms with Crippen LogP contribution in [-0.4, -0.2) is 54.8 Å². The zero-order valence-corrected chi connectivity index (χ0v) is 25.4. The van der Waals surface area contributed by atoms with Gasteiger partial charge in [0.05, 0.1) is 37.0 Å². The first kappa shape index (κ1) is 27.7. The average Bonchev–Trinajstić information content (AvgIpc) is 3.43. The van der Waals surface area contributed by atoms with E-state index in [1.807, 2.05) is 30.3 Å². The molecule has 0 amide bonds. The standard InChI is InChI=1S/C34H29N2O5PS/c1-39-34(38)21-10-8-20(9-11-21)33(42)35-22-12-13-29-27(18-22)25-6-3-5-24(32(25)43-29)23-4-2-7-26-28(37)19-30(41-31(23)26)36-14-16-40-17-15-36/h2-13,18-19,28,37H,14-17,42H2,1H3. The molecule has 2 atom stereocenters. The average molecular weight is 609 g/mol. The van der Waals surface area contributed by atoms with Crippen molar-refractivity contribution in [2.24, 2.45) is 4.99 Å². The van der Waals surface area contributed by atoms with Crippen molar-refractivity contribution in [1.82, 2.24) is 4.90 Å². The molecule has 3 heterocycles. The Morgan fingerprint density at radius 3 is 2.51 bits per heavy atom. The summed E-state index contributed by atoms with van der Waals surface area (Å²) >= 11 is 1.74. The van der Waals surface area contributed by atoms with Crippen LogP contribution in [0.4, 0.5) is 5.69 Å². The number of aliphatic hydroxyl groups is 1. The highest BCUT2D eigenvalue weighted by Gasteiger charge is 2.28. The number of ether oxygens (including phenoxy) is 3. The van der Waals surface area contributed by atoms with Gasteiger partial charge in [-0.25, -0.2) is 9.79 Å². The van der Waals surface area contributed by atoms with Crippen LogP contribution in [0.2, 0.25) is 0 Å². The molecule has 9 heteroatoms. The molecule has 5 aromatic rings. The second-order valence-electron chi connectivity index (χ2n) is 10.4. The predicted molar refractivity (Wildman–Crippen MR) is 175 cm³/mol. The number of para-hydroxylation sites is 1. The molecule has 2 unspecified atom stereocenters. The van der Waals surface area contributed by atoms with Gasteiger partial charge in [-0.05, 0) is 35.9 Å². The van der Waals surface area contributed by atoms with E-state index in [0.717, 1.165) is 66.7 Å². The second-order valence-corrected chi connectivity index (χ2v) is 12.0. The molecular formula is C34H29N2O5PS. The minimum Gasteiger partial charge on any atom is -0.465 e. The first-order valence-electron chi connectivity index (χ1n) is 14.0. The molecule has 0 spiro atoms. The number of hydrogen-bond donors (Lipinski definition) is 1. The van der Waals surface area contributed by atoms with E-state index in [0.29, 0.717) is 30.4 Å². The molecule has 0 aliphatic carbocycles. The van der Waals surface area contributed by atoms with Crippen molar-refractivity contribution in [3.63, 3.8) is 0 Å². The van der Waals surface area contributed by atoms with E-state index in [1.165, 1.54) is 7.11 Å². The molecule has 1 aromatic heterocycles. The first-order chi connectivity index (χ1) is 21.0. The number of morpholine rings is 1. The van der Waals surface area contributed by atoms with E-state index < -0.39 is 6.10 Å². The summed E-state index contributed by atoms with van der Waals surface area (Å²) in [6.45, 7) is 2.73. The van der Waals surface area contributed by atoms with Crippen molar-refractivity contribution in [3.8, 4) is 16.9 Å². The maximum absolute atomic E-state index is 11.8. The first-order valence-corrected chi connectivity index (χ1v) is 15.4. The minimum atomic E-state index is -0.749. The summed E-state index contributed by atoms with van der Waals surface area (Å²) < 4.78 is 19.1. The Bertz CT molecular complexity index is 1930. The topological polar surface area (TPSA) is 80.6 Å². The fraction of sp³-hybridized carbons (Fsp3) is 0.176. The van der Waals surface area contributed by atoms with Crippen molar-refractivity contribution in [3.05, 3.63) is 108 Å². The lowest BCUT2D eigenvalue weighted by Crippen LogP contribution is -2.38. The largest absolute Gasteiger partial charge is 0.465 e. The summed E-state index contributed by atoms with van der Waals surface area (Å²) in [6.07, 6.45) is 1.04. The van der Waals surface area contributed by atoms with E-state index in [9.17, 15) is 9.90 Å². The third-order valence-corrected chi connectivity index (χ3v) is 9.50. The van der Waals surface area contributed by atoms with Crippen LogP contribution in [0.3, 0.4) is 0 Å².